The molecule has 1 aliphatic carbocycles. The molecule has 2 unspecified atom stereocenters. The quantitative estimate of drug-likeness (QED) is 0.843. The van der Waals surface area contributed by atoms with Gasteiger partial charge in [0.25, 0.3) is 0 Å². The molecule has 0 aliphatic heterocycles. The second kappa shape index (κ2) is 5.15. The molecule has 1 fully saturated rings. The summed E-state index contributed by atoms with van der Waals surface area (Å²) in [6.45, 7) is 0.395. The first kappa shape index (κ1) is 11.9. The minimum absolute atomic E-state index is 0.0331. The standard InChI is InChI=1S/C13H15FN2O/c14-11-5-1-4-10(13(11)17)8-16-12-6-2-3-9(12)7-15/h1,4-5,9,12,16-17H,2-3,6,8H2. The molecular weight excluding hydrogens is 219 g/mol. The molecule has 0 saturated heterocycles. The van der Waals surface area contributed by atoms with Gasteiger partial charge in [0.1, 0.15) is 0 Å². The SMILES string of the molecule is N#CC1CCCC1NCc1cccc(F)c1O. The van der Waals surface area contributed by atoms with Gasteiger partial charge in [-0.05, 0) is 18.9 Å². The van der Waals surface area contributed by atoms with Crippen molar-refractivity contribution in [2.75, 3.05) is 0 Å². The molecular formula is C13H15FN2O. The lowest BCUT2D eigenvalue weighted by Gasteiger charge is -2.16. The van der Waals surface area contributed by atoms with Gasteiger partial charge >= 0.3 is 0 Å². The molecule has 1 aromatic rings. The Balaban J connectivity index is 1.98. The van der Waals surface area contributed by atoms with Crippen LogP contribution < -0.4 is 5.32 Å². The number of halogens is 1. The molecule has 0 bridgehead atoms. The molecule has 0 aromatic heterocycles. The summed E-state index contributed by atoms with van der Waals surface area (Å²) in [6.07, 6.45) is 2.93. The summed E-state index contributed by atoms with van der Waals surface area (Å²) in [5, 5.41) is 21.7. The van der Waals surface area contributed by atoms with Crippen LogP contribution in [0.3, 0.4) is 0 Å². The predicted molar refractivity (Wildman–Crippen MR) is 61.6 cm³/mol. The molecule has 2 atom stereocenters. The van der Waals surface area contributed by atoms with E-state index in [0.29, 0.717) is 12.1 Å². The Bertz CT molecular complexity index is 442. The van der Waals surface area contributed by atoms with Gasteiger partial charge in [0.05, 0.1) is 12.0 Å². The highest BCUT2D eigenvalue weighted by Crippen LogP contribution is 2.26. The highest BCUT2D eigenvalue weighted by Gasteiger charge is 2.26. The zero-order valence-corrected chi connectivity index (χ0v) is 9.49. The van der Waals surface area contributed by atoms with Gasteiger partial charge in [-0.15, -0.1) is 0 Å². The van der Waals surface area contributed by atoms with Crippen LogP contribution in [0.1, 0.15) is 24.8 Å². The monoisotopic (exact) mass is 234 g/mol. The number of nitrogens with zero attached hydrogens (tertiary/aromatic N) is 1. The molecule has 1 aliphatic rings. The first-order valence-electron chi connectivity index (χ1n) is 5.81. The van der Waals surface area contributed by atoms with Gasteiger partial charge < -0.3 is 10.4 Å². The summed E-state index contributed by atoms with van der Waals surface area (Å²) < 4.78 is 13.1. The number of nitriles is 1. The molecule has 0 radical (unpaired) electrons. The first-order chi connectivity index (χ1) is 8.22. The highest BCUT2D eigenvalue weighted by molar-refractivity contribution is 5.33. The van der Waals surface area contributed by atoms with Crippen LogP contribution in [0.15, 0.2) is 18.2 Å². The molecule has 2 N–H and O–H groups in total. The summed E-state index contributed by atoms with van der Waals surface area (Å²) in [7, 11) is 0. The number of hydrogen-bond acceptors (Lipinski definition) is 3. The molecule has 0 heterocycles. The number of phenolic OH excluding ortho intramolecular Hbond substituents is 1. The van der Waals surface area contributed by atoms with E-state index in [0.717, 1.165) is 19.3 Å². The van der Waals surface area contributed by atoms with E-state index >= 15 is 0 Å². The van der Waals surface area contributed by atoms with Crippen molar-refractivity contribution in [1.29, 1.82) is 5.26 Å². The molecule has 0 amide bonds. The Morgan fingerprint density at radius 2 is 2.29 bits per heavy atom. The van der Waals surface area contributed by atoms with Crippen LogP contribution in [-0.2, 0) is 6.54 Å². The molecule has 4 heteroatoms. The largest absolute Gasteiger partial charge is 0.505 e. The van der Waals surface area contributed by atoms with Gasteiger partial charge in [-0.3, -0.25) is 0 Å². The van der Waals surface area contributed by atoms with Crippen LogP contribution in [0.2, 0.25) is 0 Å². The van der Waals surface area contributed by atoms with Crippen molar-refractivity contribution in [2.45, 2.75) is 31.8 Å². The van der Waals surface area contributed by atoms with E-state index in [9.17, 15) is 9.50 Å². The van der Waals surface area contributed by atoms with Crippen LogP contribution in [-0.4, -0.2) is 11.1 Å². The molecule has 2 rings (SSSR count). The Morgan fingerprint density at radius 1 is 1.47 bits per heavy atom. The topological polar surface area (TPSA) is 56.0 Å². The summed E-state index contributed by atoms with van der Waals surface area (Å²) in [6, 6.07) is 6.92. The normalized spacial score (nSPS) is 23.5. The number of aromatic hydroxyl groups is 1. The molecule has 1 saturated carbocycles. The molecule has 17 heavy (non-hydrogen) atoms. The fraction of sp³-hybridized carbons (Fsp3) is 0.462. The third-order valence-corrected chi connectivity index (χ3v) is 3.31. The van der Waals surface area contributed by atoms with Gasteiger partial charge in [-0.2, -0.15) is 5.26 Å². The molecule has 90 valence electrons. The van der Waals surface area contributed by atoms with Crippen molar-refractivity contribution in [1.82, 2.24) is 5.32 Å². The van der Waals surface area contributed by atoms with Gasteiger partial charge in [-0.25, -0.2) is 4.39 Å². The first-order valence-corrected chi connectivity index (χ1v) is 5.81. The van der Waals surface area contributed by atoms with Crippen LogP contribution in [0, 0.1) is 23.1 Å². The second-order valence-electron chi connectivity index (χ2n) is 4.40. The van der Waals surface area contributed by atoms with E-state index in [1.807, 2.05) is 0 Å². The van der Waals surface area contributed by atoms with Gasteiger partial charge in [0.2, 0.25) is 0 Å². The number of hydrogen-bond donors (Lipinski definition) is 2. The van der Waals surface area contributed by atoms with Crippen molar-refractivity contribution in [3.63, 3.8) is 0 Å². The maximum Gasteiger partial charge on any atom is 0.165 e. The minimum Gasteiger partial charge on any atom is -0.505 e. The van der Waals surface area contributed by atoms with Crippen molar-refractivity contribution in [3.8, 4) is 11.8 Å². The van der Waals surface area contributed by atoms with E-state index in [1.54, 1.807) is 12.1 Å². The molecule has 1 aromatic carbocycles. The Morgan fingerprint density at radius 3 is 3.06 bits per heavy atom. The fourth-order valence-corrected chi connectivity index (χ4v) is 2.30. The third-order valence-electron chi connectivity index (χ3n) is 3.31. The second-order valence-corrected chi connectivity index (χ2v) is 4.40. The van der Waals surface area contributed by atoms with Crippen molar-refractivity contribution >= 4 is 0 Å². The summed E-state index contributed by atoms with van der Waals surface area (Å²) in [5.74, 6) is -0.871. The summed E-state index contributed by atoms with van der Waals surface area (Å²) in [5.41, 5.74) is 0.536. The Labute approximate surface area is 99.9 Å². The van der Waals surface area contributed by atoms with Gasteiger partial charge in [0, 0.05) is 18.2 Å². The lowest BCUT2D eigenvalue weighted by Crippen LogP contribution is -2.31. The molecule has 3 nitrogen and oxygen atoms in total. The highest BCUT2D eigenvalue weighted by atomic mass is 19.1. The van der Waals surface area contributed by atoms with Crippen LogP contribution >= 0.6 is 0 Å². The van der Waals surface area contributed by atoms with E-state index in [-0.39, 0.29) is 17.7 Å². The van der Waals surface area contributed by atoms with Crippen LogP contribution in [0.5, 0.6) is 5.75 Å². The average molecular weight is 234 g/mol. The lowest BCUT2D eigenvalue weighted by molar-refractivity contribution is 0.413. The summed E-state index contributed by atoms with van der Waals surface area (Å²) in [4.78, 5) is 0. The van der Waals surface area contributed by atoms with Gasteiger partial charge in [-0.1, -0.05) is 18.6 Å². The smallest absolute Gasteiger partial charge is 0.165 e. The third kappa shape index (κ3) is 2.56. The average Bonchev–Trinajstić information content (AvgIpc) is 2.78. The van der Waals surface area contributed by atoms with E-state index in [4.69, 9.17) is 5.26 Å². The van der Waals surface area contributed by atoms with Crippen molar-refractivity contribution in [2.24, 2.45) is 5.92 Å². The van der Waals surface area contributed by atoms with Crippen LogP contribution in [0.25, 0.3) is 0 Å². The Hall–Kier alpha value is -1.60. The zero-order chi connectivity index (χ0) is 12.3. The van der Waals surface area contributed by atoms with Gasteiger partial charge in [0.15, 0.2) is 11.6 Å². The maximum atomic E-state index is 13.1. The number of nitrogens with one attached hydrogen (secondary N) is 1. The lowest BCUT2D eigenvalue weighted by atomic mass is 10.1. The summed E-state index contributed by atoms with van der Waals surface area (Å²) >= 11 is 0. The van der Waals surface area contributed by atoms with E-state index in [2.05, 4.69) is 11.4 Å². The number of para-hydroxylation sites is 1. The van der Waals surface area contributed by atoms with Crippen molar-refractivity contribution < 1.29 is 9.50 Å². The predicted octanol–water partition coefficient (Wildman–Crippen LogP) is 2.31. The van der Waals surface area contributed by atoms with Crippen LogP contribution in [0.4, 0.5) is 4.39 Å². The van der Waals surface area contributed by atoms with E-state index in [1.165, 1.54) is 6.07 Å². The maximum absolute atomic E-state index is 13.1. The number of benzene rings is 1. The number of phenols is 1. The van der Waals surface area contributed by atoms with E-state index < -0.39 is 5.82 Å². The van der Waals surface area contributed by atoms with Crippen molar-refractivity contribution in [3.05, 3.63) is 29.6 Å². The fourth-order valence-electron chi connectivity index (χ4n) is 2.30. The Kier molecular flexibility index (Phi) is 3.60. The minimum atomic E-state index is -0.604. The molecule has 0 spiro atoms. The number of rotatable bonds is 3. The zero-order valence-electron chi connectivity index (χ0n) is 9.49.